The zero-order valence-corrected chi connectivity index (χ0v) is 13.6. The van der Waals surface area contributed by atoms with Crippen molar-refractivity contribution in [3.63, 3.8) is 0 Å². The van der Waals surface area contributed by atoms with Gasteiger partial charge in [0.1, 0.15) is 0 Å². The molecule has 0 aliphatic heterocycles. The Hall–Kier alpha value is -0.580. The summed E-state index contributed by atoms with van der Waals surface area (Å²) in [4.78, 5) is 0. The lowest BCUT2D eigenvalue weighted by molar-refractivity contribution is 0.525. The molecule has 0 saturated heterocycles. The van der Waals surface area contributed by atoms with Crippen LogP contribution in [-0.4, -0.2) is 26.8 Å². The van der Waals surface area contributed by atoms with Crippen LogP contribution in [0.2, 0.25) is 0 Å². The lowest BCUT2D eigenvalue weighted by Crippen LogP contribution is -2.34. The summed E-state index contributed by atoms with van der Waals surface area (Å²) < 4.78 is 2.70. The molecule has 6 heteroatoms. The number of hydrogen-bond donors (Lipinski definition) is 0. The summed E-state index contributed by atoms with van der Waals surface area (Å²) >= 11 is 16.0. The largest absolute Gasteiger partial charge is 0.255 e. The van der Waals surface area contributed by atoms with E-state index in [1.54, 1.807) is 4.68 Å². The molecule has 0 atom stereocenters. The number of halogens is 3. The molecule has 0 spiro atoms. The Kier molecular flexibility index (Phi) is 4.87. The minimum atomic E-state index is -0.348. The van der Waals surface area contributed by atoms with Gasteiger partial charge >= 0.3 is 0 Å². The van der Waals surface area contributed by atoms with E-state index in [0.717, 1.165) is 15.7 Å². The SMILES string of the molecule is Cn1cc(CC(CCl)(CCl)c2ccccc2Br)nn1. The number of rotatable bonds is 5. The van der Waals surface area contributed by atoms with Crippen LogP contribution in [0.25, 0.3) is 0 Å². The van der Waals surface area contributed by atoms with E-state index >= 15 is 0 Å². The van der Waals surface area contributed by atoms with Crippen LogP contribution < -0.4 is 0 Å². The topological polar surface area (TPSA) is 30.7 Å². The van der Waals surface area contributed by atoms with E-state index in [-0.39, 0.29) is 5.41 Å². The quantitative estimate of drug-likeness (QED) is 0.761. The first-order valence-corrected chi connectivity index (χ1v) is 7.69. The van der Waals surface area contributed by atoms with Gasteiger partial charge in [-0.15, -0.1) is 28.3 Å². The van der Waals surface area contributed by atoms with E-state index in [9.17, 15) is 0 Å². The van der Waals surface area contributed by atoms with Gasteiger partial charge in [0.2, 0.25) is 0 Å². The molecule has 2 aromatic rings. The average molecular weight is 363 g/mol. The van der Waals surface area contributed by atoms with Crippen molar-refractivity contribution < 1.29 is 0 Å². The second-order valence-electron chi connectivity index (χ2n) is 4.59. The molecular weight excluding hydrogens is 349 g/mol. The fraction of sp³-hybridized carbons (Fsp3) is 0.385. The lowest BCUT2D eigenvalue weighted by atomic mass is 9.80. The summed E-state index contributed by atoms with van der Waals surface area (Å²) in [6, 6.07) is 8.01. The normalized spacial score (nSPS) is 11.8. The molecule has 1 aromatic carbocycles. The van der Waals surface area contributed by atoms with Crippen LogP contribution in [0.1, 0.15) is 11.3 Å². The van der Waals surface area contributed by atoms with Crippen molar-refractivity contribution in [1.82, 2.24) is 15.0 Å². The molecule has 0 bridgehead atoms. The first kappa shape index (κ1) is 14.8. The molecule has 2 rings (SSSR count). The Balaban J connectivity index is 2.40. The minimum absolute atomic E-state index is 0.348. The lowest BCUT2D eigenvalue weighted by Gasteiger charge is -2.30. The number of hydrogen-bond acceptors (Lipinski definition) is 2. The summed E-state index contributed by atoms with van der Waals surface area (Å²) in [5, 5.41) is 8.09. The van der Waals surface area contributed by atoms with Gasteiger partial charge < -0.3 is 0 Å². The molecule has 1 heterocycles. The number of aryl methyl sites for hydroxylation is 1. The van der Waals surface area contributed by atoms with Gasteiger partial charge in [-0.05, 0) is 11.6 Å². The Labute approximate surface area is 131 Å². The Bertz CT molecular complexity index is 552. The number of alkyl halides is 2. The Morgan fingerprint density at radius 1 is 1.26 bits per heavy atom. The van der Waals surface area contributed by atoms with Gasteiger partial charge in [0.05, 0.1) is 5.69 Å². The van der Waals surface area contributed by atoms with E-state index < -0.39 is 0 Å². The average Bonchev–Trinajstić information content (AvgIpc) is 2.82. The van der Waals surface area contributed by atoms with Crippen LogP contribution in [0.4, 0.5) is 0 Å². The van der Waals surface area contributed by atoms with Crippen LogP contribution in [0.3, 0.4) is 0 Å². The van der Waals surface area contributed by atoms with E-state index in [4.69, 9.17) is 23.2 Å². The smallest absolute Gasteiger partial charge is 0.0836 e. The molecule has 3 nitrogen and oxygen atoms in total. The molecule has 0 N–H and O–H groups in total. The molecule has 0 aliphatic rings. The van der Waals surface area contributed by atoms with Gasteiger partial charge in [0.15, 0.2) is 0 Å². The van der Waals surface area contributed by atoms with E-state index in [2.05, 4.69) is 26.2 Å². The fourth-order valence-electron chi connectivity index (χ4n) is 2.08. The Morgan fingerprint density at radius 3 is 2.47 bits per heavy atom. The first-order valence-electron chi connectivity index (χ1n) is 5.83. The van der Waals surface area contributed by atoms with Gasteiger partial charge in [0, 0.05) is 41.3 Å². The van der Waals surface area contributed by atoms with Crippen LogP contribution in [-0.2, 0) is 18.9 Å². The van der Waals surface area contributed by atoms with Crippen molar-refractivity contribution >= 4 is 39.1 Å². The summed E-state index contributed by atoms with van der Waals surface area (Å²) in [5.41, 5.74) is 1.64. The molecule has 19 heavy (non-hydrogen) atoms. The van der Waals surface area contributed by atoms with E-state index in [0.29, 0.717) is 18.2 Å². The van der Waals surface area contributed by atoms with Gasteiger partial charge in [-0.3, -0.25) is 4.68 Å². The van der Waals surface area contributed by atoms with Crippen LogP contribution >= 0.6 is 39.1 Å². The molecule has 102 valence electrons. The number of benzene rings is 1. The second-order valence-corrected chi connectivity index (χ2v) is 5.98. The maximum absolute atomic E-state index is 6.23. The maximum Gasteiger partial charge on any atom is 0.0836 e. The monoisotopic (exact) mass is 361 g/mol. The first-order chi connectivity index (χ1) is 9.11. The van der Waals surface area contributed by atoms with Crippen molar-refractivity contribution in [2.45, 2.75) is 11.8 Å². The van der Waals surface area contributed by atoms with Crippen LogP contribution in [0.15, 0.2) is 34.9 Å². The maximum atomic E-state index is 6.23. The zero-order valence-electron chi connectivity index (χ0n) is 10.5. The summed E-state index contributed by atoms with van der Waals surface area (Å²) in [7, 11) is 1.85. The van der Waals surface area contributed by atoms with Gasteiger partial charge in [-0.25, -0.2) is 0 Å². The molecule has 0 amide bonds. The predicted octanol–water partition coefficient (Wildman–Crippen LogP) is 3.54. The third kappa shape index (κ3) is 3.12. The predicted molar refractivity (Wildman–Crippen MR) is 82.0 cm³/mol. The standard InChI is InChI=1S/C13H14BrCl2N3/c1-19-7-10(17-18-19)6-13(8-15,9-16)11-4-2-3-5-12(11)14/h2-5,7H,6,8-9H2,1H3. The highest BCUT2D eigenvalue weighted by atomic mass is 79.9. The van der Waals surface area contributed by atoms with Crippen molar-refractivity contribution in [2.24, 2.45) is 7.05 Å². The fourth-order valence-corrected chi connectivity index (χ4v) is 3.55. The van der Waals surface area contributed by atoms with Crippen molar-refractivity contribution in [1.29, 1.82) is 0 Å². The molecule has 0 aliphatic carbocycles. The summed E-state index contributed by atoms with van der Waals surface area (Å²) in [5.74, 6) is 0.853. The van der Waals surface area contributed by atoms with Crippen LogP contribution in [0, 0.1) is 0 Å². The molecule has 0 unspecified atom stereocenters. The Morgan fingerprint density at radius 2 is 1.95 bits per heavy atom. The third-order valence-electron chi connectivity index (χ3n) is 3.13. The van der Waals surface area contributed by atoms with Gasteiger partial charge in [0.25, 0.3) is 0 Å². The second kappa shape index (κ2) is 6.25. The van der Waals surface area contributed by atoms with Gasteiger partial charge in [-0.1, -0.05) is 39.3 Å². The van der Waals surface area contributed by atoms with Crippen molar-refractivity contribution in [3.05, 3.63) is 46.2 Å². The number of nitrogens with zero attached hydrogens (tertiary/aromatic N) is 3. The van der Waals surface area contributed by atoms with Crippen molar-refractivity contribution in [2.75, 3.05) is 11.8 Å². The minimum Gasteiger partial charge on any atom is -0.255 e. The molecule has 0 saturated carbocycles. The summed E-state index contributed by atoms with van der Waals surface area (Å²) in [6.45, 7) is 0. The molecule has 1 aromatic heterocycles. The van der Waals surface area contributed by atoms with E-state index in [1.165, 1.54) is 0 Å². The molecule has 0 fully saturated rings. The summed E-state index contributed by atoms with van der Waals surface area (Å²) in [6.07, 6.45) is 2.56. The van der Waals surface area contributed by atoms with Gasteiger partial charge in [-0.2, -0.15) is 0 Å². The number of aromatic nitrogens is 3. The molecule has 0 radical (unpaired) electrons. The third-order valence-corrected chi connectivity index (χ3v) is 4.84. The van der Waals surface area contributed by atoms with Crippen molar-refractivity contribution in [3.8, 4) is 0 Å². The van der Waals surface area contributed by atoms with Crippen LogP contribution in [0.5, 0.6) is 0 Å². The highest BCUT2D eigenvalue weighted by Gasteiger charge is 2.33. The van der Waals surface area contributed by atoms with E-state index in [1.807, 2.05) is 37.5 Å². The highest BCUT2D eigenvalue weighted by molar-refractivity contribution is 9.10. The zero-order chi connectivity index (χ0) is 13.9. The highest BCUT2D eigenvalue weighted by Crippen LogP contribution is 2.35. The molecular formula is C13H14BrCl2N3.